The van der Waals surface area contributed by atoms with Crippen molar-refractivity contribution in [1.29, 1.82) is 0 Å². The van der Waals surface area contributed by atoms with Crippen molar-refractivity contribution < 1.29 is 4.79 Å². The number of nitrogens with one attached hydrogen (secondary N) is 1. The van der Waals surface area contributed by atoms with Crippen molar-refractivity contribution in [1.82, 2.24) is 15.0 Å². The molecule has 164 valence electrons. The maximum absolute atomic E-state index is 12.6. The van der Waals surface area contributed by atoms with Crippen molar-refractivity contribution in [3.63, 3.8) is 0 Å². The monoisotopic (exact) mass is 462 g/mol. The van der Waals surface area contributed by atoms with E-state index in [9.17, 15) is 4.79 Å². The summed E-state index contributed by atoms with van der Waals surface area (Å²) in [5, 5.41) is 5.07. The Balaban J connectivity index is 1.46. The smallest absolute Gasteiger partial charge is 0.234 e. The molecule has 1 aliphatic carbocycles. The van der Waals surface area contributed by atoms with Gasteiger partial charge >= 0.3 is 0 Å². The van der Waals surface area contributed by atoms with Crippen LogP contribution < -0.4 is 5.32 Å². The Morgan fingerprint density at radius 1 is 1.19 bits per heavy atom. The molecule has 0 radical (unpaired) electrons. The lowest BCUT2D eigenvalue weighted by atomic mass is 9.99. The second kappa shape index (κ2) is 8.79. The summed E-state index contributed by atoms with van der Waals surface area (Å²) in [6.45, 7) is 6.49. The van der Waals surface area contributed by atoms with Gasteiger partial charge in [0.2, 0.25) is 5.91 Å². The fraction of sp³-hybridized carbons (Fsp3) is 0.360. The van der Waals surface area contributed by atoms with Crippen molar-refractivity contribution in [3.05, 3.63) is 53.0 Å². The summed E-state index contributed by atoms with van der Waals surface area (Å²) < 4.78 is 1.04. The first-order valence-corrected chi connectivity index (χ1v) is 12.9. The van der Waals surface area contributed by atoms with E-state index < -0.39 is 0 Å². The van der Waals surface area contributed by atoms with Crippen LogP contribution in [0.3, 0.4) is 0 Å². The first-order valence-electron chi connectivity index (χ1n) is 11.1. The van der Waals surface area contributed by atoms with Crippen molar-refractivity contribution in [2.45, 2.75) is 51.5 Å². The Morgan fingerprint density at radius 3 is 2.81 bits per heavy atom. The number of aryl methyl sites for hydroxylation is 2. The number of thiophene rings is 1. The highest BCUT2D eigenvalue weighted by atomic mass is 32.2. The Kier molecular flexibility index (Phi) is 5.86. The molecule has 1 aromatic carbocycles. The highest BCUT2D eigenvalue weighted by Gasteiger charge is 2.24. The Morgan fingerprint density at radius 2 is 2.00 bits per heavy atom. The molecule has 1 N–H and O–H groups in total. The number of para-hydroxylation sites is 1. The molecule has 0 atom stereocenters. The largest absolute Gasteiger partial charge is 0.325 e. The van der Waals surface area contributed by atoms with Gasteiger partial charge in [-0.25, -0.2) is 15.0 Å². The molecule has 0 saturated carbocycles. The van der Waals surface area contributed by atoms with E-state index in [4.69, 9.17) is 4.98 Å². The molecule has 1 amide bonds. The van der Waals surface area contributed by atoms with E-state index in [1.165, 1.54) is 40.4 Å². The third kappa shape index (κ3) is 3.99. The number of hydrogen-bond acceptors (Lipinski definition) is 6. The zero-order valence-corrected chi connectivity index (χ0v) is 20.2. The predicted octanol–water partition coefficient (Wildman–Crippen LogP) is 5.97. The quantitative estimate of drug-likeness (QED) is 0.283. The van der Waals surface area contributed by atoms with Gasteiger partial charge in [-0.1, -0.05) is 43.8 Å². The van der Waals surface area contributed by atoms with Crippen LogP contribution >= 0.6 is 23.1 Å². The molecular weight excluding hydrogens is 436 g/mol. The third-order valence-electron chi connectivity index (χ3n) is 5.89. The molecule has 32 heavy (non-hydrogen) atoms. The van der Waals surface area contributed by atoms with Crippen LogP contribution in [0.2, 0.25) is 0 Å². The van der Waals surface area contributed by atoms with Gasteiger partial charge in [0.05, 0.1) is 16.0 Å². The average molecular weight is 463 g/mol. The maximum atomic E-state index is 12.6. The van der Waals surface area contributed by atoms with Crippen LogP contribution in [0.15, 0.2) is 35.6 Å². The minimum absolute atomic E-state index is 0.0320. The molecule has 5 nitrogen and oxygen atoms in total. The summed E-state index contributed by atoms with van der Waals surface area (Å²) >= 11 is 3.13. The molecule has 0 unspecified atom stereocenters. The molecule has 3 aromatic heterocycles. The molecule has 0 bridgehead atoms. The number of rotatable bonds is 6. The van der Waals surface area contributed by atoms with Crippen LogP contribution in [0, 0.1) is 12.8 Å². The summed E-state index contributed by atoms with van der Waals surface area (Å²) in [5.74, 6) is 0.853. The van der Waals surface area contributed by atoms with E-state index in [0.717, 1.165) is 50.6 Å². The van der Waals surface area contributed by atoms with Crippen LogP contribution in [-0.4, -0.2) is 26.6 Å². The van der Waals surface area contributed by atoms with Gasteiger partial charge in [-0.3, -0.25) is 4.79 Å². The van der Waals surface area contributed by atoms with Crippen molar-refractivity contribution in [2.75, 3.05) is 11.1 Å². The average Bonchev–Trinajstić information content (AvgIpc) is 3.38. The van der Waals surface area contributed by atoms with E-state index in [0.29, 0.717) is 11.7 Å². The second-order valence-corrected chi connectivity index (χ2v) is 10.7. The van der Waals surface area contributed by atoms with E-state index >= 15 is 0 Å². The van der Waals surface area contributed by atoms with Gasteiger partial charge in [0.1, 0.15) is 16.2 Å². The first kappa shape index (κ1) is 21.3. The van der Waals surface area contributed by atoms with Crippen LogP contribution in [0.4, 0.5) is 5.69 Å². The summed E-state index contributed by atoms with van der Waals surface area (Å²) in [7, 11) is 0. The molecule has 3 heterocycles. The Labute approximate surface area is 196 Å². The Hall–Kier alpha value is -2.51. The van der Waals surface area contributed by atoms with Gasteiger partial charge in [0.25, 0.3) is 0 Å². The number of fused-ring (bicyclic) bond motifs is 5. The van der Waals surface area contributed by atoms with Crippen LogP contribution in [0.5, 0.6) is 0 Å². The number of thioether (sulfide) groups is 1. The number of nitrogens with zero attached hydrogens (tertiary/aromatic N) is 3. The highest BCUT2D eigenvalue weighted by molar-refractivity contribution is 8.00. The molecule has 0 aliphatic heterocycles. The third-order valence-corrected chi connectivity index (χ3v) is 8.08. The summed E-state index contributed by atoms with van der Waals surface area (Å²) in [5.41, 5.74) is 7.03. The maximum Gasteiger partial charge on any atom is 0.234 e. The normalized spacial score (nSPS) is 13.2. The molecule has 4 aromatic rings. The van der Waals surface area contributed by atoms with Gasteiger partial charge < -0.3 is 5.32 Å². The highest BCUT2D eigenvalue weighted by Crippen LogP contribution is 2.42. The lowest BCUT2D eigenvalue weighted by molar-refractivity contribution is -0.113. The SMILES string of the molecule is Cc1ccccc1NC(=O)CSc1ncnc2c1sc1nc(CC(C)C)c3c(c12)CCC3. The molecule has 5 rings (SSSR count). The first-order chi connectivity index (χ1) is 15.5. The van der Waals surface area contributed by atoms with Crippen LogP contribution in [0.25, 0.3) is 20.4 Å². The zero-order valence-electron chi connectivity index (χ0n) is 18.6. The fourth-order valence-electron chi connectivity index (χ4n) is 4.45. The van der Waals surface area contributed by atoms with Crippen molar-refractivity contribution in [2.24, 2.45) is 5.92 Å². The number of hydrogen-bond donors (Lipinski definition) is 1. The number of anilines is 1. The van der Waals surface area contributed by atoms with Crippen molar-refractivity contribution in [3.8, 4) is 0 Å². The lowest BCUT2D eigenvalue weighted by Gasteiger charge is -2.11. The van der Waals surface area contributed by atoms with Crippen LogP contribution in [0.1, 0.15) is 42.7 Å². The van der Waals surface area contributed by atoms with Gasteiger partial charge in [0.15, 0.2) is 0 Å². The van der Waals surface area contributed by atoms with Gasteiger partial charge in [-0.2, -0.15) is 0 Å². The summed E-state index contributed by atoms with van der Waals surface area (Å²) in [4.78, 5) is 27.9. The number of amides is 1. The molecular formula is C25H26N4OS2. The molecule has 0 fully saturated rings. The molecule has 7 heteroatoms. The van der Waals surface area contributed by atoms with Gasteiger partial charge in [0, 0.05) is 16.8 Å². The van der Waals surface area contributed by atoms with Gasteiger partial charge in [-0.05, 0) is 61.3 Å². The molecule has 1 aliphatic rings. The minimum Gasteiger partial charge on any atom is -0.325 e. The summed E-state index contributed by atoms with van der Waals surface area (Å²) in [6.07, 6.45) is 6.03. The molecule has 0 saturated heterocycles. The zero-order chi connectivity index (χ0) is 22.2. The van der Waals surface area contributed by atoms with E-state index in [-0.39, 0.29) is 5.91 Å². The standard InChI is InChI=1S/C25H26N4OS2/c1-14(2)11-19-16-8-6-9-17(16)21-22-23(32-24(21)29-19)25(27-13-26-22)31-12-20(30)28-18-10-5-4-7-15(18)3/h4-5,7,10,13-14H,6,8-9,11-12H2,1-3H3,(H,28,30). The van der Waals surface area contributed by atoms with E-state index in [1.807, 2.05) is 31.2 Å². The topological polar surface area (TPSA) is 67.8 Å². The van der Waals surface area contributed by atoms with Gasteiger partial charge in [-0.15, -0.1) is 11.3 Å². The fourth-order valence-corrected chi connectivity index (χ4v) is 6.50. The second-order valence-electron chi connectivity index (χ2n) is 8.76. The lowest BCUT2D eigenvalue weighted by Crippen LogP contribution is -2.14. The van der Waals surface area contributed by atoms with Crippen LogP contribution in [-0.2, 0) is 24.1 Å². The number of carbonyl (C=O) groups excluding carboxylic acids is 1. The Bertz CT molecular complexity index is 1330. The number of pyridine rings is 1. The summed E-state index contributed by atoms with van der Waals surface area (Å²) in [6, 6.07) is 7.82. The van der Waals surface area contributed by atoms with E-state index in [1.54, 1.807) is 17.7 Å². The number of benzene rings is 1. The van der Waals surface area contributed by atoms with E-state index in [2.05, 4.69) is 29.1 Å². The number of aromatic nitrogens is 3. The predicted molar refractivity (Wildman–Crippen MR) is 134 cm³/mol. The minimum atomic E-state index is -0.0320. The molecule has 0 spiro atoms. The number of carbonyl (C=O) groups is 1. The van der Waals surface area contributed by atoms with Crippen molar-refractivity contribution >= 4 is 55.1 Å².